The zero-order valence-corrected chi connectivity index (χ0v) is 12.4. The normalized spacial score (nSPS) is 19.1. The van der Waals surface area contributed by atoms with E-state index in [-0.39, 0.29) is 5.91 Å². The summed E-state index contributed by atoms with van der Waals surface area (Å²) in [7, 11) is 1.74. The molecule has 1 aliphatic rings. The van der Waals surface area contributed by atoms with E-state index in [2.05, 4.69) is 4.90 Å². The lowest BCUT2D eigenvalue weighted by Gasteiger charge is -2.36. The molecule has 1 atom stereocenters. The summed E-state index contributed by atoms with van der Waals surface area (Å²) in [4.78, 5) is 14.6. The molecule has 2 rings (SSSR count). The molecule has 1 fully saturated rings. The maximum atomic E-state index is 12.5. The predicted molar refractivity (Wildman–Crippen MR) is 80.6 cm³/mol. The fraction of sp³-hybridized carbons (Fsp3) is 0.588. The van der Waals surface area contributed by atoms with Crippen molar-refractivity contribution in [1.29, 1.82) is 0 Å². The van der Waals surface area contributed by atoms with E-state index in [1.807, 2.05) is 30.3 Å². The Morgan fingerprint density at radius 2 is 2.10 bits per heavy atom. The first kappa shape index (κ1) is 15.0. The minimum Gasteiger partial charge on any atom is -0.385 e. The number of amides is 1. The first-order valence-corrected chi connectivity index (χ1v) is 7.63. The van der Waals surface area contributed by atoms with E-state index in [0.29, 0.717) is 12.5 Å². The van der Waals surface area contributed by atoms with Crippen molar-refractivity contribution >= 4 is 5.91 Å². The van der Waals surface area contributed by atoms with Crippen molar-refractivity contribution in [3.63, 3.8) is 0 Å². The van der Waals surface area contributed by atoms with Gasteiger partial charge in [-0.05, 0) is 37.7 Å². The summed E-state index contributed by atoms with van der Waals surface area (Å²) in [5, 5.41) is 0. The number of hydrogen-bond acceptors (Lipinski definition) is 2. The van der Waals surface area contributed by atoms with Crippen LogP contribution < -0.4 is 0 Å². The fourth-order valence-electron chi connectivity index (χ4n) is 2.96. The van der Waals surface area contributed by atoms with Gasteiger partial charge in [-0.1, -0.05) is 30.3 Å². The summed E-state index contributed by atoms with van der Waals surface area (Å²) >= 11 is 0. The van der Waals surface area contributed by atoms with Crippen LogP contribution in [0.3, 0.4) is 0 Å². The molecule has 1 aromatic rings. The second kappa shape index (κ2) is 8.05. The van der Waals surface area contributed by atoms with Crippen molar-refractivity contribution < 1.29 is 9.53 Å². The van der Waals surface area contributed by atoms with Crippen LogP contribution in [0.5, 0.6) is 0 Å². The van der Waals surface area contributed by atoms with Gasteiger partial charge in [0.1, 0.15) is 0 Å². The standard InChI is InChI=1S/C17H25NO2/c1-20-13-7-11-16-10-5-6-12-18(16)17(19)14-15-8-3-2-4-9-15/h2-4,8-9,16H,5-7,10-14H2,1H3/t16-/m1/s1. The molecule has 0 radical (unpaired) electrons. The van der Waals surface area contributed by atoms with Gasteiger partial charge in [0.15, 0.2) is 0 Å². The number of nitrogens with zero attached hydrogens (tertiary/aromatic N) is 1. The Morgan fingerprint density at radius 3 is 2.85 bits per heavy atom. The summed E-state index contributed by atoms with van der Waals surface area (Å²) in [6.07, 6.45) is 6.16. The van der Waals surface area contributed by atoms with Crippen LogP contribution in [0.1, 0.15) is 37.7 Å². The van der Waals surface area contributed by atoms with E-state index in [4.69, 9.17) is 4.74 Å². The number of methoxy groups -OCH3 is 1. The lowest BCUT2D eigenvalue weighted by atomic mass is 9.97. The summed E-state index contributed by atoms with van der Waals surface area (Å²) in [5.41, 5.74) is 1.11. The van der Waals surface area contributed by atoms with Crippen molar-refractivity contribution in [1.82, 2.24) is 4.90 Å². The van der Waals surface area contributed by atoms with E-state index in [0.717, 1.165) is 44.4 Å². The zero-order chi connectivity index (χ0) is 14.2. The lowest BCUT2D eigenvalue weighted by molar-refractivity contribution is -0.134. The van der Waals surface area contributed by atoms with E-state index >= 15 is 0 Å². The summed E-state index contributed by atoms with van der Waals surface area (Å²) < 4.78 is 5.12. The van der Waals surface area contributed by atoms with Gasteiger partial charge in [-0.25, -0.2) is 0 Å². The van der Waals surface area contributed by atoms with E-state index in [9.17, 15) is 4.79 Å². The average Bonchev–Trinajstić information content (AvgIpc) is 2.49. The molecule has 1 amide bonds. The zero-order valence-electron chi connectivity index (χ0n) is 12.4. The van der Waals surface area contributed by atoms with Gasteiger partial charge in [0, 0.05) is 26.3 Å². The molecule has 1 aromatic carbocycles. The number of hydrogen-bond donors (Lipinski definition) is 0. The van der Waals surface area contributed by atoms with Gasteiger partial charge in [-0.15, -0.1) is 0 Å². The Labute approximate surface area is 121 Å². The number of piperidine rings is 1. The van der Waals surface area contributed by atoms with Crippen LogP contribution in [0.15, 0.2) is 30.3 Å². The number of carbonyl (C=O) groups is 1. The molecule has 0 N–H and O–H groups in total. The van der Waals surface area contributed by atoms with Crippen molar-refractivity contribution in [2.24, 2.45) is 0 Å². The van der Waals surface area contributed by atoms with Gasteiger partial charge in [0.25, 0.3) is 0 Å². The van der Waals surface area contributed by atoms with E-state index in [1.165, 1.54) is 6.42 Å². The molecule has 1 saturated heterocycles. The van der Waals surface area contributed by atoms with Crippen LogP contribution in [0.25, 0.3) is 0 Å². The molecule has 0 unspecified atom stereocenters. The van der Waals surface area contributed by atoms with Gasteiger partial charge in [0.05, 0.1) is 6.42 Å². The number of carbonyl (C=O) groups excluding carboxylic acids is 1. The monoisotopic (exact) mass is 275 g/mol. The third-order valence-electron chi connectivity index (χ3n) is 4.03. The van der Waals surface area contributed by atoms with Crippen LogP contribution in [-0.2, 0) is 16.0 Å². The topological polar surface area (TPSA) is 29.5 Å². The molecule has 0 bridgehead atoms. The second-order valence-electron chi connectivity index (χ2n) is 5.53. The van der Waals surface area contributed by atoms with Crippen LogP contribution in [-0.4, -0.2) is 37.1 Å². The minimum absolute atomic E-state index is 0.276. The predicted octanol–water partition coefficient (Wildman–Crippen LogP) is 3.04. The first-order chi connectivity index (χ1) is 9.81. The Balaban J connectivity index is 1.91. The molecule has 3 heteroatoms. The molecule has 0 saturated carbocycles. The van der Waals surface area contributed by atoms with Gasteiger partial charge in [-0.3, -0.25) is 4.79 Å². The highest BCUT2D eigenvalue weighted by Gasteiger charge is 2.25. The summed E-state index contributed by atoms with van der Waals surface area (Å²) in [5.74, 6) is 0.276. The van der Waals surface area contributed by atoms with Gasteiger partial charge in [-0.2, -0.15) is 0 Å². The highest BCUT2D eigenvalue weighted by molar-refractivity contribution is 5.79. The number of ether oxygens (including phenoxy) is 1. The number of benzene rings is 1. The molecule has 1 heterocycles. The van der Waals surface area contributed by atoms with Gasteiger partial charge in [0.2, 0.25) is 5.91 Å². The highest BCUT2D eigenvalue weighted by atomic mass is 16.5. The Morgan fingerprint density at radius 1 is 1.30 bits per heavy atom. The molecule has 110 valence electrons. The molecule has 20 heavy (non-hydrogen) atoms. The third-order valence-corrected chi connectivity index (χ3v) is 4.03. The first-order valence-electron chi connectivity index (χ1n) is 7.63. The molecule has 3 nitrogen and oxygen atoms in total. The summed E-state index contributed by atoms with van der Waals surface area (Å²) in [6, 6.07) is 10.4. The third kappa shape index (κ3) is 4.34. The largest absolute Gasteiger partial charge is 0.385 e. The fourth-order valence-corrected chi connectivity index (χ4v) is 2.96. The highest BCUT2D eigenvalue weighted by Crippen LogP contribution is 2.22. The van der Waals surface area contributed by atoms with Gasteiger partial charge >= 0.3 is 0 Å². The molecule has 1 aliphatic heterocycles. The minimum atomic E-state index is 0.276. The smallest absolute Gasteiger partial charge is 0.227 e. The average molecular weight is 275 g/mol. The quantitative estimate of drug-likeness (QED) is 0.747. The van der Waals surface area contributed by atoms with Crippen LogP contribution >= 0.6 is 0 Å². The van der Waals surface area contributed by atoms with Crippen molar-refractivity contribution in [3.05, 3.63) is 35.9 Å². The van der Waals surface area contributed by atoms with E-state index < -0.39 is 0 Å². The van der Waals surface area contributed by atoms with Crippen molar-refractivity contribution in [2.75, 3.05) is 20.3 Å². The second-order valence-corrected chi connectivity index (χ2v) is 5.53. The van der Waals surface area contributed by atoms with E-state index in [1.54, 1.807) is 7.11 Å². The van der Waals surface area contributed by atoms with Gasteiger partial charge < -0.3 is 9.64 Å². The van der Waals surface area contributed by atoms with Crippen LogP contribution in [0.4, 0.5) is 0 Å². The van der Waals surface area contributed by atoms with Crippen LogP contribution in [0, 0.1) is 0 Å². The molecule has 0 spiro atoms. The number of rotatable bonds is 6. The SMILES string of the molecule is COCCC[C@H]1CCCCN1C(=O)Cc1ccccc1. The Hall–Kier alpha value is -1.35. The Kier molecular flexibility index (Phi) is 6.06. The number of likely N-dealkylation sites (tertiary alicyclic amines) is 1. The summed E-state index contributed by atoms with van der Waals surface area (Å²) in [6.45, 7) is 1.71. The molecule has 0 aliphatic carbocycles. The van der Waals surface area contributed by atoms with Crippen molar-refractivity contribution in [3.8, 4) is 0 Å². The van der Waals surface area contributed by atoms with Crippen LogP contribution in [0.2, 0.25) is 0 Å². The molecule has 0 aromatic heterocycles. The Bertz CT molecular complexity index is 405. The maximum Gasteiger partial charge on any atom is 0.227 e. The lowest BCUT2D eigenvalue weighted by Crippen LogP contribution is -2.44. The van der Waals surface area contributed by atoms with Crippen molar-refractivity contribution in [2.45, 2.75) is 44.6 Å². The molecular weight excluding hydrogens is 250 g/mol. The molecular formula is C17H25NO2. The maximum absolute atomic E-state index is 12.5.